The Labute approximate surface area is 228 Å². The number of imidazole rings is 1. The maximum Gasteiger partial charge on any atom is 0.297 e. The monoisotopic (exact) mass is 550 g/mol. The van der Waals surface area contributed by atoms with Gasteiger partial charge in [0, 0.05) is 27.4 Å². The Hall–Kier alpha value is -4.33. The second-order valence-corrected chi connectivity index (χ2v) is 8.45. The second-order valence-electron chi connectivity index (χ2n) is 8.45. The largest absolute Gasteiger partial charge is 0.494 e. The highest BCUT2D eigenvalue weighted by atomic mass is 19.3. The molecule has 1 aliphatic rings. The van der Waals surface area contributed by atoms with Crippen LogP contribution in [-0.2, 0) is 11.3 Å². The van der Waals surface area contributed by atoms with Crippen LogP contribution in [0.2, 0.25) is 0 Å². The first-order valence-electron chi connectivity index (χ1n) is 14.3. The topological polar surface area (TPSA) is 138 Å². The molecule has 3 aromatic heterocycles. The van der Waals surface area contributed by atoms with Gasteiger partial charge in [-0.2, -0.15) is 0 Å². The van der Waals surface area contributed by atoms with Gasteiger partial charge in [-0.15, -0.1) is 0 Å². The summed E-state index contributed by atoms with van der Waals surface area (Å²) in [6, 6.07) is 2.34. The molecule has 1 fully saturated rings. The molecule has 1 saturated heterocycles. The van der Waals surface area contributed by atoms with E-state index in [1.165, 1.54) is 0 Å². The van der Waals surface area contributed by atoms with Crippen LogP contribution < -0.4 is 21.1 Å². The van der Waals surface area contributed by atoms with Crippen LogP contribution in [0.5, 0.6) is 5.75 Å². The third-order valence-corrected chi connectivity index (χ3v) is 5.98. The Morgan fingerprint density at radius 2 is 2.03 bits per heavy atom. The number of nitrogens with zero attached hydrogens (tertiary/aromatic N) is 6. The maximum atomic E-state index is 15.1. The number of aromatic nitrogens is 5. The molecule has 0 aliphatic carbocycles. The van der Waals surface area contributed by atoms with Gasteiger partial charge in [0.2, 0.25) is 5.78 Å². The summed E-state index contributed by atoms with van der Waals surface area (Å²) in [5.74, 6) is -4.60. The van der Waals surface area contributed by atoms with Crippen LogP contribution in [0, 0.1) is 11.6 Å². The lowest BCUT2D eigenvalue weighted by molar-refractivity contribution is -0.135. The number of anilines is 2. The number of alkyl halides is 2. The number of pyridine rings is 1. The number of halogens is 4. The Balaban J connectivity index is 1.82. The number of carbonyl (C=O) groups excluding carboxylic acids is 1. The fraction of sp³-hybridized carbons (Fsp3) is 0.320. The molecule has 14 heteroatoms. The summed E-state index contributed by atoms with van der Waals surface area (Å²) in [5.41, 5.74) is 6.48. The van der Waals surface area contributed by atoms with Crippen molar-refractivity contribution in [2.75, 3.05) is 30.7 Å². The maximum absolute atomic E-state index is 15.1. The van der Waals surface area contributed by atoms with Gasteiger partial charge in [0.25, 0.3) is 6.43 Å². The predicted octanol–water partition coefficient (Wildman–Crippen LogP) is 2.94. The molecular formula is C25H24F4N8O2. The summed E-state index contributed by atoms with van der Waals surface area (Å²) in [6.45, 7) is -9.06. The van der Waals surface area contributed by atoms with Crippen molar-refractivity contribution in [3.8, 4) is 17.0 Å². The number of piperidine rings is 1. The van der Waals surface area contributed by atoms with E-state index in [-0.39, 0.29) is 21.9 Å². The number of nitrogen functional groups attached to an aromatic ring is 1. The zero-order valence-corrected chi connectivity index (χ0v) is 20.1. The van der Waals surface area contributed by atoms with E-state index < -0.39 is 90.0 Å². The summed E-state index contributed by atoms with van der Waals surface area (Å²) in [7, 11) is 1.11. The van der Waals surface area contributed by atoms with Crippen molar-refractivity contribution in [3.63, 3.8) is 0 Å². The lowest BCUT2D eigenvalue weighted by Crippen LogP contribution is -2.61. The van der Waals surface area contributed by atoms with Gasteiger partial charge in [0.15, 0.2) is 23.0 Å². The minimum Gasteiger partial charge on any atom is -0.494 e. The molecule has 0 amide bonds. The number of hydrogen-bond donors (Lipinski definition) is 2. The highest BCUT2D eigenvalue weighted by molar-refractivity contribution is 5.92. The average molecular weight is 551 g/mol. The van der Waals surface area contributed by atoms with Gasteiger partial charge in [-0.3, -0.25) is 9.78 Å². The van der Waals surface area contributed by atoms with Crippen LogP contribution in [0.3, 0.4) is 0 Å². The standard InChI is InChI=1S/C25H24F4N8O2/c1-39-19-7-15(26)14(6-16(19)27)17-5-13(9-37-12-35-20-23(30)33-11-34-24(20)37)18(8-32-17)36-4-2-3-25(31,10-36)21(38)22(28)29/h5-8,11-12,22H,2-4,9-10,31H2,1H3,(H2,30,33,34)/t25-/m1/s1/i4D2,9D2,10D2. The Kier molecular flexibility index (Phi) is 5.10. The van der Waals surface area contributed by atoms with Crippen molar-refractivity contribution in [2.24, 2.45) is 5.73 Å². The molecule has 1 aromatic carbocycles. The van der Waals surface area contributed by atoms with Crippen molar-refractivity contribution in [2.45, 2.75) is 31.3 Å². The molecule has 204 valence electrons. The Morgan fingerprint density at radius 3 is 2.77 bits per heavy atom. The average Bonchev–Trinajstić information content (AvgIpc) is 3.42. The van der Waals surface area contributed by atoms with Gasteiger partial charge in [-0.05, 0) is 30.5 Å². The van der Waals surface area contributed by atoms with E-state index in [2.05, 4.69) is 19.9 Å². The molecule has 4 heterocycles. The molecular weight excluding hydrogens is 520 g/mol. The fourth-order valence-electron chi connectivity index (χ4n) is 3.99. The van der Waals surface area contributed by atoms with E-state index in [4.69, 9.17) is 24.4 Å². The van der Waals surface area contributed by atoms with Crippen molar-refractivity contribution < 1.29 is 35.3 Å². The number of nitrogens with two attached hydrogens (primary N) is 2. The summed E-state index contributed by atoms with van der Waals surface area (Å²) in [4.78, 5) is 28.7. The zero-order valence-electron chi connectivity index (χ0n) is 26.1. The van der Waals surface area contributed by atoms with E-state index in [0.29, 0.717) is 0 Å². The fourth-order valence-corrected chi connectivity index (χ4v) is 3.99. The molecule has 0 saturated carbocycles. The third kappa shape index (κ3) is 4.82. The van der Waals surface area contributed by atoms with Gasteiger partial charge >= 0.3 is 0 Å². The molecule has 0 unspecified atom stereocenters. The van der Waals surface area contributed by atoms with Crippen LogP contribution in [0.4, 0.5) is 29.1 Å². The van der Waals surface area contributed by atoms with Gasteiger partial charge < -0.3 is 25.7 Å². The number of hydrogen-bond acceptors (Lipinski definition) is 9. The predicted molar refractivity (Wildman–Crippen MR) is 134 cm³/mol. The van der Waals surface area contributed by atoms with Crippen LogP contribution in [0.15, 0.2) is 37.1 Å². The molecule has 39 heavy (non-hydrogen) atoms. The minimum atomic E-state index is -3.71. The number of benzene rings is 1. The third-order valence-electron chi connectivity index (χ3n) is 5.98. The summed E-state index contributed by atoms with van der Waals surface area (Å²) < 4.78 is 116. The lowest BCUT2D eigenvalue weighted by atomic mass is 9.85. The molecule has 5 rings (SSSR count). The first-order valence-corrected chi connectivity index (χ1v) is 11.3. The van der Waals surface area contributed by atoms with E-state index in [0.717, 1.165) is 48.7 Å². The van der Waals surface area contributed by atoms with Crippen molar-refractivity contribution >= 4 is 28.5 Å². The second kappa shape index (κ2) is 10.1. The summed E-state index contributed by atoms with van der Waals surface area (Å²) in [6.07, 6.45) is -2.53. The van der Waals surface area contributed by atoms with Crippen molar-refractivity contribution in [3.05, 3.63) is 54.2 Å². The number of carbonyl (C=O) groups is 1. The van der Waals surface area contributed by atoms with Gasteiger partial charge in [-0.1, -0.05) is 0 Å². The van der Waals surface area contributed by atoms with Gasteiger partial charge in [0.05, 0.1) is 48.5 Å². The lowest BCUT2D eigenvalue weighted by Gasteiger charge is -2.40. The van der Waals surface area contributed by atoms with Crippen LogP contribution >= 0.6 is 0 Å². The first-order chi connectivity index (χ1) is 20.9. The van der Waals surface area contributed by atoms with Crippen LogP contribution in [0.25, 0.3) is 22.4 Å². The molecule has 0 spiro atoms. The van der Waals surface area contributed by atoms with Crippen LogP contribution in [-0.4, -0.2) is 62.4 Å². The smallest absolute Gasteiger partial charge is 0.297 e. The van der Waals surface area contributed by atoms with Crippen molar-refractivity contribution in [1.29, 1.82) is 0 Å². The van der Waals surface area contributed by atoms with E-state index in [1.807, 2.05) is 0 Å². The number of ketones is 1. The van der Waals surface area contributed by atoms with Gasteiger partial charge in [0.1, 0.15) is 17.7 Å². The normalized spacial score (nSPS) is 22.9. The Bertz CT molecular complexity index is 1830. The molecule has 4 N–H and O–H groups in total. The van der Waals surface area contributed by atoms with E-state index >= 15 is 4.39 Å². The highest BCUT2D eigenvalue weighted by Gasteiger charge is 2.43. The van der Waals surface area contributed by atoms with Crippen LogP contribution in [0.1, 0.15) is 26.6 Å². The number of fused-ring (bicyclic) bond motifs is 1. The molecule has 10 nitrogen and oxygen atoms in total. The number of rotatable bonds is 7. The summed E-state index contributed by atoms with van der Waals surface area (Å²) >= 11 is 0. The molecule has 1 atom stereocenters. The zero-order chi connectivity index (χ0) is 33.3. The number of Topliss-reactive ketones (excluding diaryl/α,β-unsaturated/α-hetero) is 1. The van der Waals surface area contributed by atoms with Crippen molar-refractivity contribution in [1.82, 2.24) is 24.5 Å². The molecule has 0 radical (unpaired) electrons. The van der Waals surface area contributed by atoms with E-state index in [1.54, 1.807) is 0 Å². The number of methoxy groups -OCH3 is 1. The minimum absolute atomic E-state index is 0.0346. The highest BCUT2D eigenvalue weighted by Crippen LogP contribution is 2.34. The number of ether oxygens (including phenoxy) is 1. The Morgan fingerprint density at radius 1 is 1.23 bits per heavy atom. The quantitative estimate of drug-likeness (QED) is 0.333. The molecule has 1 aliphatic heterocycles. The molecule has 0 bridgehead atoms. The van der Waals surface area contributed by atoms with Gasteiger partial charge in [-0.25, -0.2) is 32.5 Å². The van der Waals surface area contributed by atoms with E-state index in [9.17, 15) is 18.0 Å². The molecule has 4 aromatic rings. The summed E-state index contributed by atoms with van der Waals surface area (Å²) in [5, 5.41) is 0. The SMILES string of the molecule is [2H]C1([2H])CC[C@](N)(C(=O)C(F)F)C([2H])([2H])N1c1cnc(-c2cc(F)c(OC)cc2F)cc1C([2H])([2H])n1cnc2c(N)ncnc21. The first kappa shape index (κ1) is 19.7.